The average molecular weight is 230 g/mol. The lowest BCUT2D eigenvalue weighted by atomic mass is 10.1. The number of rotatable bonds is 1. The second-order valence-corrected chi connectivity index (χ2v) is 4.73. The van der Waals surface area contributed by atoms with Crippen LogP contribution in [-0.4, -0.2) is 12.2 Å². The van der Waals surface area contributed by atoms with E-state index < -0.39 is 0 Å². The summed E-state index contributed by atoms with van der Waals surface area (Å²) in [5.74, 6) is 1.14. The van der Waals surface area contributed by atoms with Crippen LogP contribution in [0, 0.1) is 0 Å². The summed E-state index contributed by atoms with van der Waals surface area (Å²) in [5, 5.41) is 11.7. The molecule has 0 saturated heterocycles. The molecule has 1 aromatic heterocycles. The maximum absolute atomic E-state index is 9.51. The molecule has 80 valence electrons. The molecule has 1 N–H and O–H groups in total. The number of hydrogen-bond acceptors (Lipinski definition) is 3. The molecule has 0 fully saturated rings. The molecule has 1 heterocycles. The van der Waals surface area contributed by atoms with E-state index in [-0.39, 0.29) is 0 Å². The topological polar surface area (TPSA) is 29.5 Å². The van der Waals surface area contributed by atoms with E-state index in [0.717, 1.165) is 16.5 Å². The Morgan fingerprint density at radius 2 is 1.69 bits per heavy atom. The van der Waals surface area contributed by atoms with Gasteiger partial charge in [0.25, 0.3) is 0 Å². The van der Waals surface area contributed by atoms with Gasteiger partial charge in [0.2, 0.25) is 0 Å². The van der Waals surface area contributed by atoms with Crippen LogP contribution in [0.2, 0.25) is 0 Å². The van der Waals surface area contributed by atoms with E-state index in [1.54, 1.807) is 30.6 Å². The zero-order valence-corrected chi connectivity index (χ0v) is 9.54. The van der Waals surface area contributed by atoms with Gasteiger partial charge in [0.05, 0.1) is 7.11 Å². The van der Waals surface area contributed by atoms with Crippen LogP contribution in [0.5, 0.6) is 11.5 Å². The van der Waals surface area contributed by atoms with Crippen LogP contribution in [0.25, 0.3) is 20.2 Å². The minimum atomic E-state index is 0.301. The number of thiophene rings is 1. The van der Waals surface area contributed by atoms with Gasteiger partial charge in [0.15, 0.2) is 0 Å². The summed E-state index contributed by atoms with van der Waals surface area (Å²) < 4.78 is 7.60. The van der Waals surface area contributed by atoms with E-state index in [4.69, 9.17) is 4.74 Å². The lowest BCUT2D eigenvalue weighted by Gasteiger charge is -1.98. The van der Waals surface area contributed by atoms with Crippen molar-refractivity contribution < 1.29 is 9.84 Å². The highest BCUT2D eigenvalue weighted by molar-refractivity contribution is 7.25. The molecule has 3 heteroatoms. The molecule has 0 spiro atoms. The molecule has 2 aromatic carbocycles. The van der Waals surface area contributed by atoms with Crippen LogP contribution in [-0.2, 0) is 0 Å². The van der Waals surface area contributed by atoms with Gasteiger partial charge < -0.3 is 9.84 Å². The molecular weight excluding hydrogens is 220 g/mol. The van der Waals surface area contributed by atoms with Crippen molar-refractivity contribution in [2.45, 2.75) is 0 Å². The fourth-order valence-electron chi connectivity index (χ4n) is 1.87. The number of benzene rings is 2. The molecule has 0 unspecified atom stereocenters. The summed E-state index contributed by atoms with van der Waals surface area (Å²) in [7, 11) is 1.66. The van der Waals surface area contributed by atoms with Gasteiger partial charge in [0.1, 0.15) is 11.5 Å². The van der Waals surface area contributed by atoms with Gasteiger partial charge in [-0.25, -0.2) is 0 Å². The molecule has 0 radical (unpaired) electrons. The summed E-state index contributed by atoms with van der Waals surface area (Å²) in [4.78, 5) is 0. The fourth-order valence-corrected chi connectivity index (χ4v) is 2.94. The summed E-state index contributed by atoms with van der Waals surface area (Å²) in [6, 6.07) is 11.5. The van der Waals surface area contributed by atoms with E-state index >= 15 is 0 Å². The van der Waals surface area contributed by atoms with Crippen molar-refractivity contribution in [3.63, 3.8) is 0 Å². The van der Waals surface area contributed by atoms with Gasteiger partial charge in [-0.15, -0.1) is 11.3 Å². The van der Waals surface area contributed by atoms with Gasteiger partial charge in [-0.05, 0) is 36.4 Å². The Morgan fingerprint density at radius 3 is 2.44 bits per heavy atom. The van der Waals surface area contributed by atoms with E-state index in [2.05, 4.69) is 6.07 Å². The number of aromatic hydroxyl groups is 1. The zero-order chi connectivity index (χ0) is 11.1. The molecule has 0 bridgehead atoms. The lowest BCUT2D eigenvalue weighted by molar-refractivity contribution is 0.415. The van der Waals surface area contributed by atoms with E-state index in [9.17, 15) is 5.11 Å². The molecule has 16 heavy (non-hydrogen) atoms. The molecule has 0 aliphatic rings. The first-order valence-electron chi connectivity index (χ1n) is 4.97. The van der Waals surface area contributed by atoms with Crippen LogP contribution >= 0.6 is 11.3 Å². The number of methoxy groups -OCH3 is 1. The fraction of sp³-hybridized carbons (Fsp3) is 0.0769. The number of phenols is 1. The summed E-state index contributed by atoms with van der Waals surface area (Å²) in [6.45, 7) is 0. The molecule has 3 rings (SSSR count). The van der Waals surface area contributed by atoms with Crippen molar-refractivity contribution in [3.05, 3.63) is 36.4 Å². The van der Waals surface area contributed by atoms with Gasteiger partial charge in [0, 0.05) is 20.2 Å². The number of hydrogen-bond donors (Lipinski definition) is 1. The van der Waals surface area contributed by atoms with Crippen molar-refractivity contribution in [2.24, 2.45) is 0 Å². The smallest absolute Gasteiger partial charge is 0.119 e. The molecule has 3 aromatic rings. The Hall–Kier alpha value is -1.74. The lowest BCUT2D eigenvalue weighted by Crippen LogP contribution is -1.80. The third-order valence-corrected chi connectivity index (χ3v) is 3.81. The van der Waals surface area contributed by atoms with Crippen molar-refractivity contribution in [1.29, 1.82) is 0 Å². The van der Waals surface area contributed by atoms with Gasteiger partial charge >= 0.3 is 0 Å². The van der Waals surface area contributed by atoms with Crippen LogP contribution in [0.3, 0.4) is 0 Å². The predicted octanol–water partition coefficient (Wildman–Crippen LogP) is 3.77. The standard InChI is InChI=1S/C13H10O2S/c1-15-9-3-5-13-11(7-9)10-6-8(14)2-4-12(10)16-13/h2-7,14H,1H3. The minimum Gasteiger partial charge on any atom is -0.508 e. The molecule has 0 amide bonds. The monoisotopic (exact) mass is 230 g/mol. The van der Waals surface area contributed by atoms with E-state index in [0.29, 0.717) is 5.75 Å². The second-order valence-electron chi connectivity index (χ2n) is 3.64. The molecule has 0 aliphatic heterocycles. The molecule has 0 atom stereocenters. The third-order valence-electron chi connectivity index (χ3n) is 2.66. The summed E-state index contributed by atoms with van der Waals surface area (Å²) in [6.07, 6.45) is 0. The van der Waals surface area contributed by atoms with Crippen LogP contribution in [0.15, 0.2) is 36.4 Å². The molecule has 2 nitrogen and oxygen atoms in total. The second kappa shape index (κ2) is 3.39. The highest BCUT2D eigenvalue weighted by Crippen LogP contribution is 2.37. The van der Waals surface area contributed by atoms with Crippen molar-refractivity contribution in [3.8, 4) is 11.5 Å². The first-order valence-corrected chi connectivity index (χ1v) is 5.79. The summed E-state index contributed by atoms with van der Waals surface area (Å²) in [5.41, 5.74) is 0. The quantitative estimate of drug-likeness (QED) is 0.689. The first-order chi connectivity index (χ1) is 7.78. The van der Waals surface area contributed by atoms with Gasteiger partial charge in [-0.3, -0.25) is 0 Å². The maximum Gasteiger partial charge on any atom is 0.119 e. The average Bonchev–Trinajstić information content (AvgIpc) is 2.66. The minimum absolute atomic E-state index is 0.301. The highest BCUT2D eigenvalue weighted by atomic mass is 32.1. The maximum atomic E-state index is 9.51. The zero-order valence-electron chi connectivity index (χ0n) is 8.73. The van der Waals surface area contributed by atoms with Crippen LogP contribution in [0.4, 0.5) is 0 Å². The van der Waals surface area contributed by atoms with Gasteiger partial charge in [-0.1, -0.05) is 0 Å². The Morgan fingerprint density at radius 1 is 1.00 bits per heavy atom. The largest absolute Gasteiger partial charge is 0.508 e. The normalized spacial score (nSPS) is 11.1. The molecule has 0 saturated carbocycles. The van der Waals surface area contributed by atoms with Crippen molar-refractivity contribution >= 4 is 31.5 Å². The van der Waals surface area contributed by atoms with Crippen LogP contribution in [0.1, 0.15) is 0 Å². The molecule has 0 aliphatic carbocycles. The third kappa shape index (κ3) is 1.32. The van der Waals surface area contributed by atoms with Gasteiger partial charge in [-0.2, -0.15) is 0 Å². The van der Waals surface area contributed by atoms with E-state index in [1.807, 2.05) is 18.2 Å². The Bertz CT molecular complexity index is 670. The predicted molar refractivity (Wildman–Crippen MR) is 67.5 cm³/mol. The Kier molecular flexibility index (Phi) is 2.01. The number of phenolic OH excluding ortho intramolecular Hbond substituents is 1. The van der Waals surface area contributed by atoms with Crippen molar-refractivity contribution in [1.82, 2.24) is 0 Å². The van der Waals surface area contributed by atoms with Crippen LogP contribution < -0.4 is 4.74 Å². The number of fused-ring (bicyclic) bond motifs is 3. The van der Waals surface area contributed by atoms with Crippen molar-refractivity contribution in [2.75, 3.05) is 7.11 Å². The molecular formula is C13H10O2S. The Labute approximate surface area is 96.7 Å². The summed E-state index contributed by atoms with van der Waals surface area (Å²) >= 11 is 1.72. The van der Waals surface area contributed by atoms with E-state index in [1.165, 1.54) is 9.40 Å². The number of ether oxygens (including phenoxy) is 1. The Balaban J connectivity index is 2.44. The SMILES string of the molecule is COc1ccc2sc3ccc(O)cc3c2c1. The highest BCUT2D eigenvalue weighted by Gasteiger charge is 2.06. The first kappa shape index (κ1) is 9.48.